The Balaban J connectivity index is 1.62. The average molecular weight is 373 g/mol. The van der Waals surface area contributed by atoms with Crippen molar-refractivity contribution in [3.05, 3.63) is 29.3 Å². The number of piperidine rings is 1. The number of hydrogen-bond donors (Lipinski definition) is 1. The summed E-state index contributed by atoms with van der Waals surface area (Å²) in [4.78, 5) is 17.5. The summed E-state index contributed by atoms with van der Waals surface area (Å²) in [5.41, 5.74) is 1.99. The Kier molecular flexibility index (Phi) is 5.22. The van der Waals surface area contributed by atoms with Gasteiger partial charge in [-0.05, 0) is 32.9 Å². The minimum Gasteiger partial charge on any atom is -0.373 e. The van der Waals surface area contributed by atoms with Crippen LogP contribution in [0.4, 0.5) is 0 Å². The van der Waals surface area contributed by atoms with E-state index in [1.165, 1.54) is 19.3 Å². The molecule has 27 heavy (non-hydrogen) atoms. The Hall–Kier alpha value is -2.26. The summed E-state index contributed by atoms with van der Waals surface area (Å²) in [6.45, 7) is 5.85. The normalized spacial score (nSPS) is 24.3. The topological polar surface area (TPSA) is 92.2 Å². The third kappa shape index (κ3) is 3.74. The highest BCUT2D eigenvalue weighted by molar-refractivity contribution is 5.93. The molecule has 0 unspecified atom stereocenters. The predicted molar refractivity (Wildman–Crippen MR) is 98.1 cm³/mol. The van der Waals surface area contributed by atoms with Crippen molar-refractivity contribution in [3.63, 3.8) is 0 Å². The van der Waals surface area contributed by atoms with Crippen LogP contribution in [-0.2, 0) is 11.8 Å². The van der Waals surface area contributed by atoms with Gasteiger partial charge in [0.05, 0.1) is 30.6 Å². The predicted octanol–water partition coefficient (Wildman–Crippen LogP) is 0.915. The molecule has 0 aliphatic carbocycles. The first-order valence-corrected chi connectivity index (χ1v) is 9.64. The van der Waals surface area contributed by atoms with E-state index in [1.54, 1.807) is 11.6 Å². The molecule has 0 radical (unpaired) electrons. The fourth-order valence-electron chi connectivity index (χ4n) is 4.12. The number of aromatic nitrogens is 5. The zero-order valence-corrected chi connectivity index (χ0v) is 16.0. The molecule has 2 fully saturated rings. The first kappa shape index (κ1) is 18.1. The van der Waals surface area contributed by atoms with Crippen LogP contribution >= 0.6 is 0 Å². The fraction of sp³-hybridized carbons (Fsp3) is 0.667. The second kappa shape index (κ2) is 7.77. The van der Waals surface area contributed by atoms with Gasteiger partial charge in [-0.1, -0.05) is 6.42 Å². The van der Waals surface area contributed by atoms with Crippen LogP contribution in [0.15, 0.2) is 12.4 Å². The number of morpholine rings is 1. The Morgan fingerprint density at radius 3 is 2.74 bits per heavy atom. The molecule has 1 N–H and O–H groups in total. The molecule has 9 nitrogen and oxygen atoms in total. The lowest BCUT2D eigenvalue weighted by Gasteiger charge is -2.43. The second-order valence-corrected chi connectivity index (χ2v) is 7.42. The lowest BCUT2D eigenvalue weighted by atomic mass is 9.98. The fourth-order valence-corrected chi connectivity index (χ4v) is 4.12. The molecule has 2 aromatic heterocycles. The van der Waals surface area contributed by atoms with Crippen molar-refractivity contribution in [1.29, 1.82) is 0 Å². The minimum atomic E-state index is -0.182. The number of carbonyl (C=O) groups excluding carboxylic acids is 1. The summed E-state index contributed by atoms with van der Waals surface area (Å²) < 4.78 is 7.94. The molecule has 2 aromatic rings. The van der Waals surface area contributed by atoms with Crippen molar-refractivity contribution < 1.29 is 9.53 Å². The number of H-pyrrole nitrogens is 1. The molecule has 0 aromatic carbocycles. The molecular weight excluding hydrogens is 346 g/mol. The number of hydrogen-bond acceptors (Lipinski definition) is 6. The highest BCUT2D eigenvalue weighted by Gasteiger charge is 2.39. The van der Waals surface area contributed by atoms with Crippen molar-refractivity contribution >= 4 is 5.91 Å². The molecule has 0 saturated carbocycles. The third-order valence-corrected chi connectivity index (χ3v) is 5.49. The lowest BCUT2D eigenvalue weighted by molar-refractivity contribution is -0.0743. The van der Waals surface area contributed by atoms with E-state index < -0.39 is 0 Å². The van der Waals surface area contributed by atoms with Crippen molar-refractivity contribution in [2.24, 2.45) is 7.05 Å². The molecule has 9 heteroatoms. The van der Waals surface area contributed by atoms with Gasteiger partial charge in [0.1, 0.15) is 0 Å². The third-order valence-electron chi connectivity index (χ3n) is 5.49. The molecule has 2 atom stereocenters. The van der Waals surface area contributed by atoms with Crippen molar-refractivity contribution in [3.8, 4) is 0 Å². The van der Waals surface area contributed by atoms with Crippen molar-refractivity contribution in [2.75, 3.05) is 32.8 Å². The maximum Gasteiger partial charge on any atom is 0.277 e. The maximum absolute atomic E-state index is 13.2. The van der Waals surface area contributed by atoms with Crippen LogP contribution < -0.4 is 0 Å². The number of aryl methyl sites for hydroxylation is 2. The molecule has 4 heterocycles. The van der Waals surface area contributed by atoms with Gasteiger partial charge < -0.3 is 14.5 Å². The number of aromatic amines is 1. The summed E-state index contributed by atoms with van der Waals surface area (Å²) in [5, 5.41) is 14.9. The molecule has 2 aliphatic rings. The van der Waals surface area contributed by atoms with Crippen LogP contribution in [0.2, 0.25) is 0 Å². The van der Waals surface area contributed by atoms with E-state index >= 15 is 0 Å². The summed E-state index contributed by atoms with van der Waals surface area (Å²) in [6.07, 6.45) is 7.47. The molecule has 146 valence electrons. The lowest BCUT2D eigenvalue weighted by Crippen LogP contribution is -2.52. The Morgan fingerprint density at radius 1 is 1.26 bits per heavy atom. The molecular formula is C18H27N7O2. The van der Waals surface area contributed by atoms with Gasteiger partial charge in [0.2, 0.25) is 0 Å². The van der Waals surface area contributed by atoms with E-state index in [0.29, 0.717) is 24.5 Å². The highest BCUT2D eigenvalue weighted by atomic mass is 16.5. The zero-order chi connectivity index (χ0) is 18.8. The SMILES string of the molecule is Cc1n[nH]nc1C(=O)N1CCO[C@@H](CN2CCCCC2)[C@@H]1c1cnn(C)c1. The Bertz CT molecular complexity index is 780. The number of nitrogens with zero attached hydrogens (tertiary/aromatic N) is 6. The van der Waals surface area contributed by atoms with Gasteiger partial charge in [-0.15, -0.1) is 0 Å². The number of nitrogens with one attached hydrogen (secondary N) is 1. The summed E-state index contributed by atoms with van der Waals surface area (Å²) in [7, 11) is 1.89. The molecule has 2 aliphatic heterocycles. The van der Waals surface area contributed by atoms with Crippen LogP contribution in [0, 0.1) is 6.92 Å². The van der Waals surface area contributed by atoms with E-state index in [2.05, 4.69) is 25.4 Å². The quantitative estimate of drug-likeness (QED) is 0.857. The number of likely N-dealkylation sites (tertiary alicyclic amines) is 1. The summed E-state index contributed by atoms with van der Waals surface area (Å²) >= 11 is 0. The Labute approximate surface area is 158 Å². The first-order valence-electron chi connectivity index (χ1n) is 9.64. The summed E-state index contributed by atoms with van der Waals surface area (Å²) in [6, 6.07) is -0.182. The number of amides is 1. The van der Waals surface area contributed by atoms with Gasteiger partial charge in [0.25, 0.3) is 5.91 Å². The van der Waals surface area contributed by atoms with Gasteiger partial charge in [0, 0.05) is 31.9 Å². The molecule has 0 bridgehead atoms. The van der Waals surface area contributed by atoms with Crippen LogP contribution in [0.5, 0.6) is 0 Å². The van der Waals surface area contributed by atoms with Crippen molar-refractivity contribution in [2.45, 2.75) is 38.3 Å². The largest absolute Gasteiger partial charge is 0.373 e. The van der Waals surface area contributed by atoms with Crippen LogP contribution in [0.3, 0.4) is 0 Å². The van der Waals surface area contributed by atoms with Gasteiger partial charge >= 0.3 is 0 Å². The van der Waals surface area contributed by atoms with E-state index in [9.17, 15) is 4.79 Å². The monoisotopic (exact) mass is 373 g/mol. The maximum atomic E-state index is 13.2. The molecule has 2 saturated heterocycles. The second-order valence-electron chi connectivity index (χ2n) is 7.42. The minimum absolute atomic E-state index is 0.0859. The number of ether oxygens (including phenoxy) is 1. The number of carbonyl (C=O) groups is 1. The molecule has 4 rings (SSSR count). The van der Waals surface area contributed by atoms with E-state index in [4.69, 9.17) is 4.74 Å². The van der Waals surface area contributed by atoms with Crippen LogP contribution in [-0.4, -0.2) is 79.8 Å². The zero-order valence-electron chi connectivity index (χ0n) is 16.0. The van der Waals surface area contributed by atoms with Gasteiger partial charge in [0.15, 0.2) is 5.69 Å². The van der Waals surface area contributed by atoms with Crippen LogP contribution in [0.25, 0.3) is 0 Å². The van der Waals surface area contributed by atoms with Gasteiger partial charge in [-0.2, -0.15) is 20.5 Å². The van der Waals surface area contributed by atoms with Crippen molar-refractivity contribution in [1.82, 2.24) is 35.0 Å². The number of rotatable bonds is 4. The van der Waals surface area contributed by atoms with Gasteiger partial charge in [-0.25, -0.2) is 0 Å². The standard InChI is InChI=1S/C18H27N7O2/c1-13-16(21-22-20-13)18(26)25-8-9-27-15(12-24-6-4-3-5-7-24)17(25)14-10-19-23(2)11-14/h10-11,15,17H,3-9,12H2,1-2H3,(H,20,21,22)/t15-,17-/m0/s1. The van der Waals surface area contributed by atoms with E-state index in [0.717, 1.165) is 25.2 Å². The smallest absolute Gasteiger partial charge is 0.277 e. The van der Waals surface area contributed by atoms with E-state index in [-0.39, 0.29) is 18.1 Å². The van der Waals surface area contributed by atoms with Gasteiger partial charge in [-0.3, -0.25) is 9.48 Å². The average Bonchev–Trinajstić information content (AvgIpc) is 3.30. The van der Waals surface area contributed by atoms with E-state index in [1.807, 2.05) is 24.3 Å². The van der Waals surface area contributed by atoms with Crippen LogP contribution in [0.1, 0.15) is 47.1 Å². The summed E-state index contributed by atoms with van der Waals surface area (Å²) in [5.74, 6) is -0.109. The first-order chi connectivity index (χ1) is 13.1. The Morgan fingerprint density at radius 2 is 2.07 bits per heavy atom. The highest BCUT2D eigenvalue weighted by Crippen LogP contribution is 2.32. The molecule has 0 spiro atoms. The molecule has 1 amide bonds.